The summed E-state index contributed by atoms with van der Waals surface area (Å²) in [7, 11) is 0. The second-order valence-corrected chi connectivity index (χ2v) is 4.92. The number of nitrogens with zero attached hydrogens (tertiary/aromatic N) is 1. The zero-order valence-corrected chi connectivity index (χ0v) is 12.7. The molecule has 0 aliphatic carbocycles. The molecule has 1 atom stereocenters. The number of alkyl halides is 7. The van der Waals surface area contributed by atoms with E-state index in [4.69, 9.17) is 4.74 Å². The standard InChI is InChI=1S/C14H15F7N2O/c1-3-9(2)24-11-6-4-10(5-7-11)8-22-23-14(20,21)12(15,16)13(17,18)19/h4-9,23H,3H2,1-2H3/b22-8+/t9-/m1/s1. The highest BCUT2D eigenvalue weighted by Crippen LogP contribution is 2.44. The molecule has 0 spiro atoms. The average molecular weight is 360 g/mol. The molecule has 0 fully saturated rings. The van der Waals surface area contributed by atoms with Gasteiger partial charge in [-0.2, -0.15) is 35.8 Å². The lowest BCUT2D eigenvalue weighted by atomic mass is 10.2. The largest absolute Gasteiger partial charge is 0.491 e. The van der Waals surface area contributed by atoms with Gasteiger partial charge in [-0.1, -0.05) is 6.92 Å². The maximum atomic E-state index is 12.9. The van der Waals surface area contributed by atoms with Crippen LogP contribution in [0.4, 0.5) is 30.7 Å². The monoisotopic (exact) mass is 360 g/mol. The normalized spacial score (nSPS) is 14.7. The minimum Gasteiger partial charge on any atom is -0.491 e. The molecule has 0 saturated carbocycles. The third-order valence-electron chi connectivity index (χ3n) is 2.96. The third kappa shape index (κ3) is 4.75. The summed E-state index contributed by atoms with van der Waals surface area (Å²) in [5.74, 6) is -5.77. The van der Waals surface area contributed by atoms with Gasteiger partial charge in [0.25, 0.3) is 0 Å². The van der Waals surface area contributed by atoms with Gasteiger partial charge in [0.05, 0.1) is 12.3 Å². The van der Waals surface area contributed by atoms with E-state index in [0.29, 0.717) is 17.4 Å². The molecule has 24 heavy (non-hydrogen) atoms. The van der Waals surface area contributed by atoms with Crippen LogP contribution < -0.4 is 10.2 Å². The zero-order chi connectivity index (χ0) is 18.6. The Hall–Kier alpha value is -2.00. The van der Waals surface area contributed by atoms with Crippen molar-refractivity contribution in [2.24, 2.45) is 5.10 Å². The third-order valence-corrected chi connectivity index (χ3v) is 2.96. The molecule has 1 N–H and O–H groups in total. The lowest BCUT2D eigenvalue weighted by Crippen LogP contribution is -2.58. The molecule has 1 rings (SSSR count). The lowest BCUT2D eigenvalue weighted by molar-refractivity contribution is -0.361. The molecule has 0 bridgehead atoms. The number of nitrogens with one attached hydrogen (secondary N) is 1. The van der Waals surface area contributed by atoms with Gasteiger partial charge < -0.3 is 4.74 Å². The summed E-state index contributed by atoms with van der Waals surface area (Å²) in [6.45, 7) is 3.75. The van der Waals surface area contributed by atoms with Gasteiger partial charge in [0.2, 0.25) is 0 Å². The minimum absolute atomic E-state index is 0.0468. The highest BCUT2D eigenvalue weighted by molar-refractivity contribution is 5.79. The van der Waals surface area contributed by atoms with Gasteiger partial charge in [0.15, 0.2) is 0 Å². The van der Waals surface area contributed by atoms with E-state index in [2.05, 4.69) is 5.10 Å². The molecule has 0 saturated heterocycles. The molecule has 0 aliphatic heterocycles. The van der Waals surface area contributed by atoms with Gasteiger partial charge in [-0.05, 0) is 43.2 Å². The zero-order valence-electron chi connectivity index (χ0n) is 12.7. The average Bonchev–Trinajstić information content (AvgIpc) is 2.47. The van der Waals surface area contributed by atoms with Crippen molar-refractivity contribution in [3.8, 4) is 5.75 Å². The minimum atomic E-state index is -6.41. The van der Waals surface area contributed by atoms with Crippen molar-refractivity contribution in [1.29, 1.82) is 0 Å². The topological polar surface area (TPSA) is 33.6 Å². The predicted molar refractivity (Wildman–Crippen MR) is 73.5 cm³/mol. The van der Waals surface area contributed by atoms with Crippen molar-refractivity contribution >= 4 is 6.21 Å². The number of hydrazone groups is 1. The van der Waals surface area contributed by atoms with Crippen LogP contribution in [0.3, 0.4) is 0 Å². The molecule has 0 aliphatic rings. The van der Waals surface area contributed by atoms with E-state index in [1.807, 2.05) is 13.8 Å². The fourth-order valence-electron chi connectivity index (χ4n) is 1.38. The number of rotatable bonds is 7. The maximum Gasteiger partial charge on any atom is 0.462 e. The first-order valence-electron chi connectivity index (χ1n) is 6.80. The SMILES string of the molecule is CC[C@@H](C)Oc1ccc(/C=N/NC(F)(F)C(F)(F)C(F)(F)F)cc1. The Labute approximate surface area is 133 Å². The van der Waals surface area contributed by atoms with E-state index in [9.17, 15) is 30.7 Å². The molecule has 0 aromatic heterocycles. The summed E-state index contributed by atoms with van der Waals surface area (Å²) in [4.78, 5) is 0. The van der Waals surface area contributed by atoms with E-state index in [1.165, 1.54) is 24.3 Å². The Bertz CT molecular complexity index is 555. The second-order valence-electron chi connectivity index (χ2n) is 4.92. The van der Waals surface area contributed by atoms with Gasteiger partial charge >= 0.3 is 18.1 Å². The predicted octanol–water partition coefficient (Wildman–Crippen LogP) is 4.58. The van der Waals surface area contributed by atoms with Crippen molar-refractivity contribution in [1.82, 2.24) is 5.43 Å². The summed E-state index contributed by atoms with van der Waals surface area (Å²) in [6, 6.07) is 0.138. The Morgan fingerprint density at radius 2 is 1.62 bits per heavy atom. The highest BCUT2D eigenvalue weighted by Gasteiger charge is 2.73. The van der Waals surface area contributed by atoms with E-state index >= 15 is 0 Å². The molecule has 0 amide bonds. The first kappa shape index (κ1) is 20.0. The van der Waals surface area contributed by atoms with Crippen LogP contribution >= 0.6 is 0 Å². The van der Waals surface area contributed by atoms with Gasteiger partial charge in [0.1, 0.15) is 5.75 Å². The first-order chi connectivity index (χ1) is 10.9. The van der Waals surface area contributed by atoms with Gasteiger partial charge in [-0.3, -0.25) is 0 Å². The van der Waals surface area contributed by atoms with Crippen LogP contribution in [-0.4, -0.2) is 30.5 Å². The van der Waals surface area contributed by atoms with Gasteiger partial charge in [-0.15, -0.1) is 0 Å². The Kier molecular flexibility index (Phi) is 6.07. The van der Waals surface area contributed by atoms with E-state index in [1.54, 1.807) is 0 Å². The fourth-order valence-corrected chi connectivity index (χ4v) is 1.38. The number of benzene rings is 1. The van der Waals surface area contributed by atoms with Crippen LogP contribution in [0.15, 0.2) is 29.4 Å². The number of hydrogen-bond acceptors (Lipinski definition) is 3. The molecule has 0 unspecified atom stereocenters. The quantitative estimate of drug-likeness (QED) is 0.334. The van der Waals surface area contributed by atoms with Crippen LogP contribution in [0.5, 0.6) is 5.75 Å². The summed E-state index contributed by atoms with van der Waals surface area (Å²) in [5.41, 5.74) is 0.744. The number of hydrogen-bond donors (Lipinski definition) is 1. The fraction of sp³-hybridized carbons (Fsp3) is 0.500. The molecule has 1 aromatic rings. The molecule has 136 valence electrons. The van der Waals surface area contributed by atoms with Gasteiger partial charge in [0, 0.05) is 0 Å². The number of halogens is 7. The second kappa shape index (κ2) is 7.27. The molecule has 1 aromatic carbocycles. The summed E-state index contributed by atoms with van der Waals surface area (Å²) in [6.07, 6.45) is -5.01. The van der Waals surface area contributed by atoms with Crippen LogP contribution in [0.2, 0.25) is 0 Å². The van der Waals surface area contributed by atoms with Crippen molar-refractivity contribution in [2.75, 3.05) is 0 Å². The van der Waals surface area contributed by atoms with Crippen molar-refractivity contribution < 1.29 is 35.5 Å². The van der Waals surface area contributed by atoms with Crippen molar-refractivity contribution in [2.45, 2.75) is 44.5 Å². The van der Waals surface area contributed by atoms with E-state index < -0.39 is 18.1 Å². The lowest BCUT2D eigenvalue weighted by Gasteiger charge is -2.27. The Morgan fingerprint density at radius 3 is 2.08 bits per heavy atom. The van der Waals surface area contributed by atoms with Crippen LogP contribution in [0.25, 0.3) is 0 Å². The Balaban J connectivity index is 2.73. The number of ether oxygens (including phenoxy) is 1. The van der Waals surface area contributed by atoms with Crippen LogP contribution in [0.1, 0.15) is 25.8 Å². The van der Waals surface area contributed by atoms with Crippen LogP contribution in [-0.2, 0) is 0 Å². The van der Waals surface area contributed by atoms with Gasteiger partial charge in [-0.25, -0.2) is 5.43 Å². The summed E-state index contributed by atoms with van der Waals surface area (Å²) >= 11 is 0. The maximum absolute atomic E-state index is 12.9. The molecular weight excluding hydrogens is 345 g/mol. The molecule has 0 radical (unpaired) electrons. The smallest absolute Gasteiger partial charge is 0.462 e. The summed E-state index contributed by atoms with van der Waals surface area (Å²) in [5, 5.41) is 2.75. The van der Waals surface area contributed by atoms with Crippen LogP contribution in [0, 0.1) is 0 Å². The molecule has 3 nitrogen and oxygen atoms in total. The summed E-state index contributed by atoms with van der Waals surface area (Å²) < 4.78 is 92.3. The van der Waals surface area contributed by atoms with E-state index in [0.717, 1.165) is 6.42 Å². The first-order valence-corrected chi connectivity index (χ1v) is 6.80. The van der Waals surface area contributed by atoms with E-state index in [-0.39, 0.29) is 11.7 Å². The molecule has 10 heteroatoms. The van der Waals surface area contributed by atoms with Crippen molar-refractivity contribution in [3.05, 3.63) is 29.8 Å². The molecule has 0 heterocycles. The Morgan fingerprint density at radius 1 is 1.08 bits per heavy atom. The highest BCUT2D eigenvalue weighted by atomic mass is 19.4. The van der Waals surface area contributed by atoms with Crippen molar-refractivity contribution in [3.63, 3.8) is 0 Å². The molecular formula is C14H15F7N2O.